The molecule has 0 aliphatic heterocycles. The third kappa shape index (κ3) is 121. The van der Waals surface area contributed by atoms with Gasteiger partial charge in [0.1, 0.15) is 0 Å². The van der Waals surface area contributed by atoms with Gasteiger partial charge < -0.3 is 0 Å². The van der Waals surface area contributed by atoms with Crippen LogP contribution in [0, 0.1) is 0 Å². The van der Waals surface area contributed by atoms with Crippen LogP contribution < -0.4 is 0 Å². The molecule has 0 rings (SSSR count). The van der Waals surface area contributed by atoms with Crippen molar-refractivity contribution in [3.8, 4) is 0 Å². The first-order valence-corrected chi connectivity index (χ1v) is 0. The van der Waals surface area contributed by atoms with Crippen molar-refractivity contribution in [3.05, 3.63) is 0 Å². The first-order chi connectivity index (χ1) is 0. The smallest absolute Gasteiger partial charge is 0 e. The second-order valence-electron chi connectivity index (χ2n) is 0. The van der Waals surface area contributed by atoms with E-state index in [2.05, 4.69) is 0 Å². The molecule has 0 N–H and O–H groups in total. The molecule has 0 fully saturated rings. The van der Waals surface area contributed by atoms with Gasteiger partial charge >= 0.3 is 0 Å². The van der Waals surface area contributed by atoms with E-state index >= 15 is 0 Å². The molecule has 54 valence electrons. The fraction of sp³-hybridized carbons (Fsp3) is 0. The van der Waals surface area contributed by atoms with Crippen molar-refractivity contribution in [1.29, 1.82) is 0 Å². The summed E-state index contributed by atoms with van der Waals surface area (Å²) in [6, 6.07) is 0. The fourth-order valence-electron chi connectivity index (χ4n) is 0. The first kappa shape index (κ1) is 146. The maximum absolute atomic E-state index is 0. The molecule has 18 radical (unpaired) electrons. The van der Waals surface area contributed by atoms with Crippen LogP contribution in [0.15, 0.2) is 0 Å². The summed E-state index contributed by atoms with van der Waals surface area (Å²) in [5.41, 5.74) is 0. The summed E-state index contributed by atoms with van der Waals surface area (Å²) in [5.74, 6) is 0. The van der Waals surface area contributed by atoms with Crippen molar-refractivity contribution in [2.45, 2.75) is 0 Å². The van der Waals surface area contributed by atoms with E-state index in [1.54, 1.807) is 0 Å². The molecule has 0 bridgehead atoms. The Morgan fingerprint density at radius 1 is 0.0556 bits per heavy atom. The minimum absolute atomic E-state index is 0. The number of hydrogen-bond donors (Lipinski definition) is 0. The molecule has 18 heavy (non-hydrogen) atoms. The van der Waals surface area contributed by atoms with Gasteiger partial charge in [-0.15, -0.1) is 0 Å². The van der Waals surface area contributed by atoms with Crippen molar-refractivity contribution in [2.24, 2.45) is 0 Å². The van der Waals surface area contributed by atoms with Gasteiger partial charge in [-0.05, 0) is 0 Å². The van der Waals surface area contributed by atoms with Gasteiger partial charge in [0.25, 0.3) is 0 Å². The Balaban J connectivity index is 0. The van der Waals surface area contributed by atoms with Crippen LogP contribution in [0.5, 0.6) is 0 Å². The summed E-state index contributed by atoms with van der Waals surface area (Å²) in [4.78, 5) is 0. The monoisotopic (exact) mass is 809 g/mol. The fourth-order valence-corrected chi connectivity index (χ4v) is 0. The Morgan fingerprint density at radius 2 is 0.0556 bits per heavy atom. The molecule has 0 aromatic rings. The maximum Gasteiger partial charge on any atom is 0 e. The summed E-state index contributed by atoms with van der Waals surface area (Å²) in [5, 5.41) is 0. The average molecular weight is 809 g/mol. The third-order valence-corrected chi connectivity index (χ3v) is 0. The molecule has 0 unspecified atom stereocenters. The van der Waals surface area contributed by atoms with E-state index in [1.165, 1.54) is 0 Å². The van der Waals surface area contributed by atoms with Crippen LogP contribution in [-0.4, -0.2) is 0 Å². The van der Waals surface area contributed by atoms with Crippen LogP contribution in [0.2, 0.25) is 0 Å². The van der Waals surface area contributed by atoms with E-state index in [0.717, 1.165) is 0 Å². The molecule has 18 heteroatoms. The van der Waals surface area contributed by atoms with Gasteiger partial charge in [0.2, 0.25) is 0 Å². The predicted molar refractivity (Wildman–Crippen MR) is 0 cm³/mol. The maximum atomic E-state index is 0. The van der Waals surface area contributed by atoms with Gasteiger partial charge in [-0.3, -0.25) is 0 Å². The van der Waals surface area contributed by atoms with E-state index in [0.29, 0.717) is 0 Å². The summed E-state index contributed by atoms with van der Waals surface area (Å²) < 4.78 is 0. The molecule has 0 heterocycles. The Morgan fingerprint density at radius 3 is 0.0556 bits per heavy atom. The van der Waals surface area contributed by atoms with Crippen LogP contribution in [0.4, 0.5) is 0 Å². The zero-order chi connectivity index (χ0) is 0. The Hall–Kier alpha value is 15.7. The molecule has 0 aromatic heterocycles. The molecule has 0 aromatic carbocycles. The SMILES string of the molecule is [Sc].[Sc].[Sc].[Sc].[Sc].[Sc].[Sc].[Sc].[Sc].[Sc].[Sc].[Sc].[Sc].[Sc].[Sc].[Sc].[Sc].[Sc]. The minimum Gasteiger partial charge on any atom is 0 e. The summed E-state index contributed by atoms with van der Waals surface area (Å²) in [6.45, 7) is 0. The van der Waals surface area contributed by atoms with Crippen molar-refractivity contribution >= 4 is 0 Å². The third-order valence-electron chi connectivity index (χ3n) is 0. The Bertz CT molecular complexity index is 0. The van der Waals surface area contributed by atoms with Gasteiger partial charge in [-0.25, -0.2) is 0 Å². The summed E-state index contributed by atoms with van der Waals surface area (Å²) >= 11 is 0. The average Bonchev–Trinajstić information content (AvgIpc) is 0. The largest absolute Gasteiger partial charge is 0 e. The predicted octanol–water partition coefficient (Wildman–Crippen LogP) is -0.0450. The molecule has 0 spiro atoms. The van der Waals surface area contributed by atoms with Gasteiger partial charge in [0.15, 0.2) is 0 Å². The van der Waals surface area contributed by atoms with Gasteiger partial charge in [0.05, 0.1) is 0 Å². The minimum atomic E-state index is 0. The van der Waals surface area contributed by atoms with Crippen molar-refractivity contribution in [2.75, 3.05) is 0 Å². The molecule has 0 atom stereocenters. The topological polar surface area (TPSA) is 0 Å². The van der Waals surface area contributed by atoms with Crippen LogP contribution in [0.1, 0.15) is 0 Å². The van der Waals surface area contributed by atoms with Crippen LogP contribution in [0.3, 0.4) is 0 Å². The zero-order valence-corrected chi connectivity index (χ0v) is 42.8. The molecule has 0 aliphatic rings. The van der Waals surface area contributed by atoms with Crippen LogP contribution in [-0.2, 0) is 465 Å². The van der Waals surface area contributed by atoms with E-state index in [1.807, 2.05) is 0 Å². The van der Waals surface area contributed by atoms with Gasteiger partial charge in [-0.2, -0.15) is 0 Å². The molecule has 0 aliphatic carbocycles. The van der Waals surface area contributed by atoms with Gasteiger partial charge in [0, 0.05) is 465 Å². The van der Waals surface area contributed by atoms with Crippen molar-refractivity contribution in [3.63, 3.8) is 0 Å². The number of rotatable bonds is 0. The first-order valence-electron chi connectivity index (χ1n) is 0. The molecule has 0 saturated heterocycles. The van der Waals surface area contributed by atoms with Crippen molar-refractivity contribution in [1.82, 2.24) is 0 Å². The van der Waals surface area contributed by atoms with E-state index < -0.39 is 0 Å². The summed E-state index contributed by atoms with van der Waals surface area (Å²) in [6.07, 6.45) is 0. The zero-order valence-electron chi connectivity index (χ0n) is 10.4. The van der Waals surface area contributed by atoms with E-state index in [9.17, 15) is 0 Å². The number of hydrogen-bond acceptors (Lipinski definition) is 0. The van der Waals surface area contributed by atoms with Crippen LogP contribution in [0.25, 0.3) is 0 Å². The molecule has 0 saturated carbocycles. The second-order valence-corrected chi connectivity index (χ2v) is 0. The quantitative estimate of drug-likeness (QED) is 0.323. The van der Waals surface area contributed by atoms with E-state index in [-0.39, 0.29) is 465 Å². The normalized spacial score (nSPS) is 0. The molecule has 0 nitrogen and oxygen atoms in total. The molecule has 0 amide bonds. The Labute approximate surface area is 450 Å². The molecular formula is Sc18. The van der Waals surface area contributed by atoms with Crippen molar-refractivity contribution < 1.29 is 465 Å². The molecular weight excluding hydrogens is 809 g/mol. The Kier molecular flexibility index (Phi) is 1090. The van der Waals surface area contributed by atoms with Gasteiger partial charge in [-0.1, -0.05) is 0 Å². The van der Waals surface area contributed by atoms with Crippen LogP contribution >= 0.6 is 0 Å². The second kappa shape index (κ2) is 133. The summed E-state index contributed by atoms with van der Waals surface area (Å²) in [7, 11) is 0. The van der Waals surface area contributed by atoms with E-state index in [4.69, 9.17) is 0 Å². The standard InChI is InChI=1S/18Sc.